The lowest BCUT2D eigenvalue weighted by Gasteiger charge is -2.39. The Morgan fingerprint density at radius 2 is 1.94 bits per heavy atom. The highest BCUT2D eigenvalue weighted by Gasteiger charge is 2.44. The highest BCUT2D eigenvalue weighted by molar-refractivity contribution is 5.65. The molecule has 0 radical (unpaired) electrons. The molecular weight excluding hydrogens is 220 g/mol. The Balaban J connectivity index is 2.63. The third-order valence-corrected chi connectivity index (χ3v) is 2.38. The van der Waals surface area contributed by atoms with Crippen LogP contribution in [-0.4, -0.2) is 65.7 Å². The van der Waals surface area contributed by atoms with Crippen molar-refractivity contribution in [2.75, 3.05) is 13.7 Å². The number of carbonyl (C=O) groups excluding carboxylic acids is 1. The first-order chi connectivity index (χ1) is 7.47. The maximum atomic E-state index is 10.6. The van der Waals surface area contributed by atoms with E-state index in [1.54, 1.807) is 0 Å². The summed E-state index contributed by atoms with van der Waals surface area (Å²) in [7, 11) is 1.32. The van der Waals surface area contributed by atoms with E-state index < -0.39 is 36.7 Å². The molecule has 0 bridgehead atoms. The topological polar surface area (TPSA) is 105 Å². The zero-order valence-corrected chi connectivity index (χ0v) is 9.07. The summed E-state index contributed by atoms with van der Waals surface area (Å²) in [5.41, 5.74) is 0. The van der Waals surface area contributed by atoms with Gasteiger partial charge in [0.2, 0.25) is 0 Å². The third-order valence-electron chi connectivity index (χ3n) is 2.38. The number of esters is 1. The molecule has 0 spiro atoms. The van der Waals surface area contributed by atoms with Crippen molar-refractivity contribution in [3.8, 4) is 0 Å². The van der Waals surface area contributed by atoms with Gasteiger partial charge in [0.25, 0.3) is 0 Å². The van der Waals surface area contributed by atoms with Crippen LogP contribution in [0.15, 0.2) is 0 Å². The predicted molar refractivity (Wildman–Crippen MR) is 50.3 cm³/mol. The summed E-state index contributed by atoms with van der Waals surface area (Å²) in [6, 6.07) is 0. The van der Waals surface area contributed by atoms with Gasteiger partial charge in [0.1, 0.15) is 31.0 Å². The van der Waals surface area contributed by atoms with Gasteiger partial charge in [-0.2, -0.15) is 0 Å². The van der Waals surface area contributed by atoms with Crippen LogP contribution in [-0.2, 0) is 19.0 Å². The Hall–Kier alpha value is -0.730. The fraction of sp³-hybridized carbons (Fsp3) is 0.889. The minimum atomic E-state index is -1.53. The standard InChI is InChI=1S/C9H16O7/c1-4(10)15-3-5-8(14-2)6(11)7(12)9(13)16-5/h5-9,11-13H,3H2,1-2H3/t5?,6-,7?,8-,9+/m0/s1. The first-order valence-corrected chi connectivity index (χ1v) is 4.83. The molecule has 1 aliphatic rings. The van der Waals surface area contributed by atoms with E-state index in [0.29, 0.717) is 0 Å². The average molecular weight is 236 g/mol. The molecule has 0 amide bonds. The van der Waals surface area contributed by atoms with Gasteiger partial charge in [-0.15, -0.1) is 0 Å². The molecule has 1 heterocycles. The average Bonchev–Trinajstić information content (AvgIpc) is 2.23. The van der Waals surface area contributed by atoms with E-state index in [1.807, 2.05) is 0 Å². The molecule has 0 aromatic rings. The number of carbonyl (C=O) groups is 1. The SMILES string of the molecule is CO[C@H]1C(COC(C)=O)O[C@@H](O)C(O)[C@@H]1O. The zero-order chi connectivity index (χ0) is 12.3. The van der Waals surface area contributed by atoms with Crippen LogP contribution >= 0.6 is 0 Å². The maximum absolute atomic E-state index is 10.6. The lowest BCUT2D eigenvalue weighted by Crippen LogP contribution is -2.59. The van der Waals surface area contributed by atoms with Gasteiger partial charge >= 0.3 is 5.97 Å². The van der Waals surface area contributed by atoms with Crippen molar-refractivity contribution in [3.63, 3.8) is 0 Å². The van der Waals surface area contributed by atoms with Crippen LogP contribution in [0, 0.1) is 0 Å². The van der Waals surface area contributed by atoms with Gasteiger partial charge in [-0.25, -0.2) is 0 Å². The summed E-state index contributed by atoms with van der Waals surface area (Å²) in [5.74, 6) is -0.506. The first kappa shape index (κ1) is 13.3. The first-order valence-electron chi connectivity index (χ1n) is 4.83. The summed E-state index contributed by atoms with van der Waals surface area (Å²) < 4.78 is 14.6. The molecule has 16 heavy (non-hydrogen) atoms. The fourth-order valence-electron chi connectivity index (χ4n) is 1.54. The van der Waals surface area contributed by atoms with Crippen LogP contribution in [0.2, 0.25) is 0 Å². The van der Waals surface area contributed by atoms with Crippen LogP contribution < -0.4 is 0 Å². The quantitative estimate of drug-likeness (QED) is 0.487. The highest BCUT2D eigenvalue weighted by atomic mass is 16.7. The van der Waals surface area contributed by atoms with Crippen molar-refractivity contribution in [2.45, 2.75) is 37.6 Å². The molecule has 1 rings (SSSR count). The number of aliphatic hydroxyl groups is 3. The minimum absolute atomic E-state index is 0.158. The lowest BCUT2D eigenvalue weighted by atomic mass is 9.99. The largest absolute Gasteiger partial charge is 0.463 e. The normalized spacial score (nSPS) is 39.4. The van der Waals surface area contributed by atoms with E-state index in [1.165, 1.54) is 14.0 Å². The van der Waals surface area contributed by atoms with Gasteiger partial charge in [-0.3, -0.25) is 4.79 Å². The van der Waals surface area contributed by atoms with E-state index >= 15 is 0 Å². The molecule has 0 aromatic heterocycles. The Bertz CT molecular complexity index is 244. The number of methoxy groups -OCH3 is 1. The fourth-order valence-corrected chi connectivity index (χ4v) is 1.54. The Labute approximate surface area is 92.5 Å². The molecule has 2 unspecified atom stereocenters. The molecule has 7 nitrogen and oxygen atoms in total. The van der Waals surface area contributed by atoms with E-state index in [0.717, 1.165) is 0 Å². The second kappa shape index (κ2) is 5.55. The van der Waals surface area contributed by atoms with Gasteiger partial charge in [0.05, 0.1) is 0 Å². The predicted octanol–water partition coefficient (Wildman–Crippen LogP) is -2.00. The summed E-state index contributed by atoms with van der Waals surface area (Å²) in [5, 5.41) is 28.2. The van der Waals surface area contributed by atoms with Crippen molar-refractivity contribution in [1.82, 2.24) is 0 Å². The van der Waals surface area contributed by atoms with Crippen molar-refractivity contribution in [1.29, 1.82) is 0 Å². The molecule has 1 saturated heterocycles. The second-order valence-corrected chi connectivity index (χ2v) is 3.55. The number of hydrogen-bond donors (Lipinski definition) is 3. The lowest BCUT2D eigenvalue weighted by molar-refractivity contribution is -0.291. The minimum Gasteiger partial charge on any atom is -0.463 e. The molecule has 7 heteroatoms. The number of ether oxygens (including phenoxy) is 3. The molecule has 0 aromatic carbocycles. The van der Waals surface area contributed by atoms with Crippen molar-refractivity contribution in [2.24, 2.45) is 0 Å². The molecule has 1 aliphatic heterocycles. The molecule has 1 fully saturated rings. The van der Waals surface area contributed by atoms with E-state index in [-0.39, 0.29) is 6.61 Å². The van der Waals surface area contributed by atoms with Crippen molar-refractivity contribution in [3.05, 3.63) is 0 Å². The van der Waals surface area contributed by atoms with E-state index in [2.05, 4.69) is 0 Å². The van der Waals surface area contributed by atoms with Crippen LogP contribution in [0.3, 0.4) is 0 Å². The summed E-state index contributed by atoms with van der Waals surface area (Å²) in [4.78, 5) is 10.6. The summed E-state index contributed by atoms with van der Waals surface area (Å²) in [6.07, 6.45) is -5.95. The number of aliphatic hydroxyl groups excluding tert-OH is 3. The summed E-state index contributed by atoms with van der Waals surface area (Å²) in [6.45, 7) is 1.07. The van der Waals surface area contributed by atoms with Gasteiger partial charge < -0.3 is 29.5 Å². The van der Waals surface area contributed by atoms with Crippen LogP contribution in [0.5, 0.6) is 0 Å². The zero-order valence-electron chi connectivity index (χ0n) is 9.07. The Kier molecular flexibility index (Phi) is 4.63. The molecule has 3 N–H and O–H groups in total. The molecule has 5 atom stereocenters. The Morgan fingerprint density at radius 1 is 1.31 bits per heavy atom. The molecule has 0 aliphatic carbocycles. The van der Waals surface area contributed by atoms with Gasteiger partial charge in [0, 0.05) is 14.0 Å². The van der Waals surface area contributed by atoms with Gasteiger partial charge in [0.15, 0.2) is 6.29 Å². The number of rotatable bonds is 3. The molecular formula is C9H16O7. The molecule has 94 valence electrons. The third kappa shape index (κ3) is 2.89. The summed E-state index contributed by atoms with van der Waals surface area (Å²) >= 11 is 0. The monoisotopic (exact) mass is 236 g/mol. The van der Waals surface area contributed by atoms with E-state index in [4.69, 9.17) is 14.2 Å². The molecule has 0 saturated carbocycles. The second-order valence-electron chi connectivity index (χ2n) is 3.55. The van der Waals surface area contributed by atoms with Crippen molar-refractivity contribution < 1.29 is 34.3 Å². The van der Waals surface area contributed by atoms with Crippen molar-refractivity contribution >= 4 is 5.97 Å². The highest BCUT2D eigenvalue weighted by Crippen LogP contribution is 2.22. The van der Waals surface area contributed by atoms with Crippen LogP contribution in [0.25, 0.3) is 0 Å². The van der Waals surface area contributed by atoms with Crippen LogP contribution in [0.4, 0.5) is 0 Å². The van der Waals surface area contributed by atoms with Gasteiger partial charge in [-0.05, 0) is 0 Å². The van der Waals surface area contributed by atoms with E-state index in [9.17, 15) is 20.1 Å². The van der Waals surface area contributed by atoms with Gasteiger partial charge in [-0.1, -0.05) is 0 Å². The number of hydrogen-bond acceptors (Lipinski definition) is 7. The van der Waals surface area contributed by atoms with Crippen LogP contribution in [0.1, 0.15) is 6.92 Å². The smallest absolute Gasteiger partial charge is 0.302 e. The maximum Gasteiger partial charge on any atom is 0.302 e. The Morgan fingerprint density at radius 3 is 2.44 bits per heavy atom.